The number of amides is 3. The normalized spacial score (nSPS) is 17.5. The number of methoxy groups -OCH3 is 1. The molecule has 1 fully saturated rings. The molecule has 0 saturated carbocycles. The first kappa shape index (κ1) is 31.6. The minimum absolute atomic E-state index is 0.00810. The summed E-state index contributed by atoms with van der Waals surface area (Å²) in [5.41, 5.74) is -5.26. The van der Waals surface area contributed by atoms with Gasteiger partial charge in [-0.1, -0.05) is 20.8 Å². The number of aromatic nitrogens is 1. The smallest absolute Gasteiger partial charge is 0.419 e. The number of hydrogen-bond acceptors (Lipinski definition) is 5. The lowest BCUT2D eigenvalue weighted by molar-refractivity contribution is -0.137. The highest BCUT2D eigenvalue weighted by molar-refractivity contribution is 6.05. The standard InChI is InChI=1S/C26H29F6N5O4/c1-24(2,3)10-16(22(39)35-14(11-33)7-12-5-6-34-21(12)38)37-23(40)20-19(26(30,31)32)18-15(36-20)8-13(25(27,28)29)9-17(18)41-4/h8-9,12,14,16,36H,5-7,10H2,1-4H3,(H,34,38)(H,35,39)(H,37,40)/t12-,14-,16-/m0/s1. The van der Waals surface area contributed by atoms with Gasteiger partial charge in [0.2, 0.25) is 11.8 Å². The Balaban J connectivity index is 1.99. The van der Waals surface area contributed by atoms with Gasteiger partial charge in [-0.15, -0.1) is 0 Å². The number of rotatable bonds is 8. The van der Waals surface area contributed by atoms with Crippen LogP contribution in [0.25, 0.3) is 10.9 Å². The molecule has 1 saturated heterocycles. The number of hydrogen-bond donors (Lipinski definition) is 4. The summed E-state index contributed by atoms with van der Waals surface area (Å²) in [5.74, 6) is -3.83. The molecule has 0 spiro atoms. The molecule has 15 heteroatoms. The second-order valence-corrected chi connectivity index (χ2v) is 11.0. The van der Waals surface area contributed by atoms with Crippen molar-refractivity contribution in [1.82, 2.24) is 20.9 Å². The molecular formula is C26H29F6N5O4. The van der Waals surface area contributed by atoms with Gasteiger partial charge in [0.25, 0.3) is 5.91 Å². The van der Waals surface area contributed by atoms with Crippen LogP contribution in [0.5, 0.6) is 5.75 Å². The lowest BCUT2D eigenvalue weighted by atomic mass is 9.87. The molecule has 1 aromatic heterocycles. The molecule has 3 atom stereocenters. The second-order valence-electron chi connectivity index (χ2n) is 11.0. The van der Waals surface area contributed by atoms with Crippen molar-refractivity contribution in [3.63, 3.8) is 0 Å². The summed E-state index contributed by atoms with van der Waals surface area (Å²) in [5, 5.41) is 16.0. The number of carbonyl (C=O) groups excluding carboxylic acids is 3. The van der Waals surface area contributed by atoms with E-state index >= 15 is 0 Å². The van der Waals surface area contributed by atoms with Crippen LogP contribution in [-0.2, 0) is 21.9 Å². The number of fused-ring (bicyclic) bond motifs is 1. The Bertz CT molecular complexity index is 1370. The zero-order valence-corrected chi connectivity index (χ0v) is 22.6. The molecule has 2 aromatic rings. The topological polar surface area (TPSA) is 136 Å². The number of halogens is 6. The third-order valence-corrected chi connectivity index (χ3v) is 6.51. The predicted octanol–water partition coefficient (Wildman–Crippen LogP) is 4.28. The maximum absolute atomic E-state index is 14.2. The van der Waals surface area contributed by atoms with Gasteiger partial charge in [0.15, 0.2) is 0 Å². The van der Waals surface area contributed by atoms with Crippen molar-refractivity contribution in [2.45, 2.75) is 64.5 Å². The average Bonchev–Trinajstić information content (AvgIpc) is 3.44. The third kappa shape index (κ3) is 7.42. The molecule has 0 bridgehead atoms. The molecule has 0 unspecified atom stereocenters. The highest BCUT2D eigenvalue weighted by atomic mass is 19.4. The quantitative estimate of drug-likeness (QED) is 0.341. The summed E-state index contributed by atoms with van der Waals surface area (Å²) in [7, 11) is 0.895. The van der Waals surface area contributed by atoms with E-state index in [1.807, 2.05) is 6.07 Å². The highest BCUT2D eigenvalue weighted by Crippen LogP contribution is 2.44. The van der Waals surface area contributed by atoms with Crippen LogP contribution in [0.2, 0.25) is 0 Å². The number of carbonyl (C=O) groups is 3. The van der Waals surface area contributed by atoms with Gasteiger partial charge in [-0.3, -0.25) is 14.4 Å². The molecule has 1 aromatic carbocycles. The molecule has 3 rings (SSSR count). The molecule has 41 heavy (non-hydrogen) atoms. The summed E-state index contributed by atoms with van der Waals surface area (Å²) in [6.07, 6.45) is -9.75. The molecule has 0 aliphatic carbocycles. The summed E-state index contributed by atoms with van der Waals surface area (Å²) in [6.45, 7) is 5.53. The number of H-pyrrole nitrogens is 1. The molecule has 4 N–H and O–H groups in total. The van der Waals surface area contributed by atoms with E-state index in [1.165, 1.54) is 0 Å². The van der Waals surface area contributed by atoms with Crippen LogP contribution in [0.15, 0.2) is 12.1 Å². The molecule has 1 aliphatic rings. The monoisotopic (exact) mass is 589 g/mol. The summed E-state index contributed by atoms with van der Waals surface area (Å²) < 4.78 is 87.6. The molecule has 1 aliphatic heterocycles. The largest absolute Gasteiger partial charge is 0.496 e. The van der Waals surface area contributed by atoms with Gasteiger partial charge < -0.3 is 25.7 Å². The van der Waals surface area contributed by atoms with Crippen molar-refractivity contribution in [2.75, 3.05) is 13.7 Å². The first-order valence-electron chi connectivity index (χ1n) is 12.5. The lowest BCUT2D eigenvalue weighted by Gasteiger charge is -2.27. The molecule has 3 amide bonds. The van der Waals surface area contributed by atoms with E-state index in [9.17, 15) is 46.0 Å². The van der Waals surface area contributed by atoms with E-state index < -0.39 is 81.1 Å². The second kappa shape index (κ2) is 11.5. The Hall–Kier alpha value is -3.96. The molecule has 0 radical (unpaired) electrons. The Labute approximate surface area is 231 Å². The van der Waals surface area contributed by atoms with Gasteiger partial charge in [-0.25, -0.2) is 0 Å². The number of ether oxygens (including phenoxy) is 1. The maximum Gasteiger partial charge on any atom is 0.419 e. The van der Waals surface area contributed by atoms with Crippen molar-refractivity contribution < 1.29 is 45.5 Å². The third-order valence-electron chi connectivity index (χ3n) is 6.51. The molecular weight excluding hydrogens is 560 g/mol. The maximum atomic E-state index is 14.2. The Morgan fingerprint density at radius 2 is 1.78 bits per heavy atom. The van der Waals surface area contributed by atoms with Gasteiger partial charge in [0.05, 0.1) is 35.2 Å². The summed E-state index contributed by atoms with van der Waals surface area (Å²) in [6, 6.07) is 0.144. The number of nitriles is 1. The van der Waals surface area contributed by atoms with Crippen LogP contribution >= 0.6 is 0 Å². The first-order valence-corrected chi connectivity index (χ1v) is 12.5. The van der Waals surface area contributed by atoms with Gasteiger partial charge >= 0.3 is 12.4 Å². The fourth-order valence-electron chi connectivity index (χ4n) is 4.70. The van der Waals surface area contributed by atoms with Gasteiger partial charge in [0, 0.05) is 12.5 Å². The number of aromatic amines is 1. The lowest BCUT2D eigenvalue weighted by Crippen LogP contribution is -2.51. The zero-order valence-electron chi connectivity index (χ0n) is 22.6. The summed E-state index contributed by atoms with van der Waals surface area (Å²) >= 11 is 0. The first-order chi connectivity index (χ1) is 18.9. The predicted molar refractivity (Wildman–Crippen MR) is 133 cm³/mol. The number of alkyl halides is 6. The van der Waals surface area contributed by atoms with Crippen LogP contribution in [0.4, 0.5) is 26.3 Å². The Morgan fingerprint density at radius 1 is 1.12 bits per heavy atom. The van der Waals surface area contributed by atoms with E-state index in [-0.39, 0.29) is 18.7 Å². The van der Waals surface area contributed by atoms with E-state index in [2.05, 4.69) is 20.9 Å². The van der Waals surface area contributed by atoms with E-state index in [0.29, 0.717) is 25.1 Å². The number of nitrogens with zero attached hydrogens (tertiary/aromatic N) is 1. The minimum Gasteiger partial charge on any atom is -0.496 e. The Morgan fingerprint density at radius 3 is 2.27 bits per heavy atom. The highest BCUT2D eigenvalue weighted by Gasteiger charge is 2.42. The number of nitrogens with one attached hydrogen (secondary N) is 4. The zero-order chi connectivity index (χ0) is 30.9. The minimum atomic E-state index is -5.20. The molecule has 224 valence electrons. The van der Waals surface area contributed by atoms with Crippen molar-refractivity contribution in [3.05, 3.63) is 29.0 Å². The fraction of sp³-hybridized carbons (Fsp3) is 0.538. The van der Waals surface area contributed by atoms with E-state index in [1.54, 1.807) is 20.8 Å². The van der Waals surface area contributed by atoms with Crippen LogP contribution < -0.4 is 20.7 Å². The van der Waals surface area contributed by atoms with Crippen LogP contribution in [0, 0.1) is 22.7 Å². The van der Waals surface area contributed by atoms with Crippen LogP contribution in [0.3, 0.4) is 0 Å². The van der Waals surface area contributed by atoms with Gasteiger partial charge in [-0.05, 0) is 36.8 Å². The van der Waals surface area contributed by atoms with E-state index in [4.69, 9.17) is 4.74 Å². The van der Waals surface area contributed by atoms with Crippen molar-refractivity contribution in [3.8, 4) is 11.8 Å². The average molecular weight is 590 g/mol. The van der Waals surface area contributed by atoms with Crippen LogP contribution in [0.1, 0.15) is 61.6 Å². The molecule has 9 nitrogen and oxygen atoms in total. The SMILES string of the molecule is COc1cc(C(F)(F)F)cc2[nH]c(C(=O)N[C@@H](CC(C)(C)C)C(=O)N[C@H](C#N)C[C@@H]3CCNC3=O)c(C(F)(F)F)c12. The molecule has 2 heterocycles. The van der Waals surface area contributed by atoms with Crippen molar-refractivity contribution >= 4 is 28.6 Å². The van der Waals surface area contributed by atoms with Gasteiger partial charge in [-0.2, -0.15) is 31.6 Å². The fourth-order valence-corrected chi connectivity index (χ4v) is 4.70. The number of benzene rings is 1. The van der Waals surface area contributed by atoms with Gasteiger partial charge in [0.1, 0.15) is 23.5 Å². The van der Waals surface area contributed by atoms with Crippen molar-refractivity contribution in [1.29, 1.82) is 5.26 Å². The summed E-state index contributed by atoms with van der Waals surface area (Å²) in [4.78, 5) is 40.4. The van der Waals surface area contributed by atoms with Crippen molar-refractivity contribution in [2.24, 2.45) is 11.3 Å². The van der Waals surface area contributed by atoms with Crippen LogP contribution in [-0.4, -0.2) is 48.4 Å². The van der Waals surface area contributed by atoms with E-state index in [0.717, 1.165) is 7.11 Å². The Kier molecular flexibility index (Phi) is 8.85.